The van der Waals surface area contributed by atoms with Gasteiger partial charge in [-0.1, -0.05) is 65.9 Å². The summed E-state index contributed by atoms with van der Waals surface area (Å²) < 4.78 is 6.93. The smallest absolute Gasteiger partial charge is 0.341 e. The number of ether oxygens (including phenoxy) is 1. The number of esters is 1. The summed E-state index contributed by atoms with van der Waals surface area (Å²) in [5.41, 5.74) is 5.34. The highest BCUT2D eigenvalue weighted by molar-refractivity contribution is 7.99. The molecule has 0 unspecified atom stereocenters. The molecule has 1 N–H and O–H groups in total. The van der Waals surface area contributed by atoms with Gasteiger partial charge < -0.3 is 14.6 Å². The van der Waals surface area contributed by atoms with E-state index in [0.29, 0.717) is 22.1 Å². The van der Waals surface area contributed by atoms with Crippen molar-refractivity contribution in [3.8, 4) is 11.1 Å². The van der Waals surface area contributed by atoms with Crippen molar-refractivity contribution in [2.24, 2.45) is 7.05 Å². The molecule has 0 spiro atoms. The fraction of sp³-hybridized carbons (Fsp3) is 0.231. The molecule has 2 aromatic carbocycles. The Hall–Kier alpha value is -3.43. The van der Waals surface area contributed by atoms with Crippen LogP contribution in [0.25, 0.3) is 11.1 Å². The maximum absolute atomic E-state index is 12.8. The zero-order chi connectivity index (χ0) is 24.9. The molecule has 0 aliphatic carbocycles. The van der Waals surface area contributed by atoms with Crippen LogP contribution in [0.2, 0.25) is 0 Å². The van der Waals surface area contributed by atoms with Gasteiger partial charge in [-0.05, 0) is 30.5 Å². The summed E-state index contributed by atoms with van der Waals surface area (Å²) >= 11 is 2.61. The highest BCUT2D eigenvalue weighted by atomic mass is 32.2. The van der Waals surface area contributed by atoms with E-state index in [1.54, 1.807) is 0 Å². The Kier molecular flexibility index (Phi) is 7.67. The molecule has 9 heteroatoms. The summed E-state index contributed by atoms with van der Waals surface area (Å²) in [6.45, 7) is 4.00. The predicted molar refractivity (Wildman–Crippen MR) is 140 cm³/mol. The minimum atomic E-state index is -0.482. The van der Waals surface area contributed by atoms with Crippen LogP contribution >= 0.6 is 23.1 Å². The molecule has 4 aromatic rings. The number of benzene rings is 2. The van der Waals surface area contributed by atoms with Crippen molar-refractivity contribution in [1.82, 2.24) is 14.8 Å². The second-order valence-corrected chi connectivity index (χ2v) is 9.94. The minimum Gasteiger partial charge on any atom is -0.465 e. The van der Waals surface area contributed by atoms with Gasteiger partial charge in [-0.25, -0.2) is 4.79 Å². The molecule has 0 saturated heterocycles. The number of thioether (sulfide) groups is 1. The van der Waals surface area contributed by atoms with Crippen molar-refractivity contribution in [3.63, 3.8) is 0 Å². The Balaban J connectivity index is 1.47. The van der Waals surface area contributed by atoms with Gasteiger partial charge in [0.05, 0.1) is 12.9 Å². The van der Waals surface area contributed by atoms with E-state index >= 15 is 0 Å². The number of aromatic nitrogens is 3. The molecule has 0 fully saturated rings. The summed E-state index contributed by atoms with van der Waals surface area (Å²) in [5, 5.41) is 14.4. The van der Waals surface area contributed by atoms with Crippen molar-refractivity contribution in [3.05, 3.63) is 82.0 Å². The van der Waals surface area contributed by atoms with Gasteiger partial charge >= 0.3 is 5.97 Å². The molecule has 7 nitrogen and oxygen atoms in total. The van der Waals surface area contributed by atoms with Crippen LogP contribution in [0.3, 0.4) is 0 Å². The molecular weight excluding hydrogens is 480 g/mol. The van der Waals surface area contributed by atoms with Crippen molar-refractivity contribution >= 4 is 40.0 Å². The first kappa shape index (κ1) is 24.7. The highest BCUT2D eigenvalue weighted by Gasteiger charge is 2.23. The quantitative estimate of drug-likeness (QED) is 0.259. The number of nitrogens with one attached hydrogen (secondary N) is 1. The van der Waals surface area contributed by atoms with Crippen LogP contribution < -0.4 is 5.32 Å². The lowest BCUT2D eigenvalue weighted by Crippen LogP contribution is -2.16. The summed E-state index contributed by atoms with van der Waals surface area (Å²) in [6.07, 6.45) is 0.663. The summed E-state index contributed by atoms with van der Waals surface area (Å²) in [4.78, 5) is 25.4. The van der Waals surface area contributed by atoms with Gasteiger partial charge in [0.1, 0.15) is 16.4 Å². The third-order valence-corrected chi connectivity index (χ3v) is 7.49. The first-order valence-electron chi connectivity index (χ1n) is 11.0. The Morgan fingerprint density at radius 1 is 1.09 bits per heavy atom. The van der Waals surface area contributed by atoms with Gasteiger partial charge in [0.25, 0.3) is 0 Å². The summed E-state index contributed by atoms with van der Waals surface area (Å²) in [5.74, 6) is 0.240. The SMILES string of the molecule is COC(=O)c1c(-c2cc(C)ccc2C)csc1NC(=O)CSc1nnc(Cc2ccccc2)n1C. The minimum absolute atomic E-state index is 0.134. The lowest BCUT2D eigenvalue weighted by Gasteiger charge is -2.10. The molecule has 0 aliphatic rings. The molecule has 0 saturated carbocycles. The van der Waals surface area contributed by atoms with E-state index in [9.17, 15) is 9.59 Å². The number of amides is 1. The number of rotatable bonds is 8. The number of carbonyl (C=O) groups is 2. The predicted octanol–water partition coefficient (Wildman–Crippen LogP) is 5.27. The maximum atomic E-state index is 12.8. The second-order valence-electron chi connectivity index (χ2n) is 8.12. The lowest BCUT2D eigenvalue weighted by atomic mass is 9.97. The maximum Gasteiger partial charge on any atom is 0.341 e. The molecule has 1 amide bonds. The zero-order valence-electron chi connectivity index (χ0n) is 20.0. The van der Waals surface area contributed by atoms with Gasteiger partial charge in [-0.3, -0.25) is 4.79 Å². The van der Waals surface area contributed by atoms with Crippen LogP contribution in [0.15, 0.2) is 59.1 Å². The largest absolute Gasteiger partial charge is 0.465 e. The van der Waals surface area contributed by atoms with E-state index in [4.69, 9.17) is 4.74 Å². The van der Waals surface area contributed by atoms with E-state index in [1.807, 2.05) is 79.4 Å². The molecule has 0 radical (unpaired) electrons. The molecule has 35 heavy (non-hydrogen) atoms. The molecule has 0 atom stereocenters. The van der Waals surface area contributed by atoms with E-state index < -0.39 is 5.97 Å². The number of aryl methyl sites for hydroxylation is 2. The molecule has 4 rings (SSSR count). The fourth-order valence-corrected chi connectivity index (χ4v) is 5.37. The Morgan fingerprint density at radius 2 is 1.86 bits per heavy atom. The van der Waals surface area contributed by atoms with Crippen molar-refractivity contribution in [1.29, 1.82) is 0 Å². The Bertz CT molecular complexity index is 1360. The molecule has 180 valence electrons. The van der Waals surface area contributed by atoms with Gasteiger partial charge in [0.2, 0.25) is 5.91 Å². The molecule has 0 aliphatic heterocycles. The van der Waals surface area contributed by atoms with Crippen LogP contribution in [0.5, 0.6) is 0 Å². The van der Waals surface area contributed by atoms with Crippen molar-refractivity contribution < 1.29 is 14.3 Å². The van der Waals surface area contributed by atoms with Crippen LogP contribution in [-0.2, 0) is 23.0 Å². The van der Waals surface area contributed by atoms with E-state index in [0.717, 1.165) is 33.6 Å². The van der Waals surface area contributed by atoms with Crippen LogP contribution in [0.4, 0.5) is 5.00 Å². The average Bonchev–Trinajstić information content (AvgIpc) is 3.42. The average molecular weight is 507 g/mol. The zero-order valence-corrected chi connectivity index (χ0v) is 21.6. The number of hydrogen-bond acceptors (Lipinski definition) is 7. The molecule has 2 aromatic heterocycles. The monoisotopic (exact) mass is 506 g/mol. The lowest BCUT2D eigenvalue weighted by molar-refractivity contribution is -0.113. The normalized spacial score (nSPS) is 10.9. The highest BCUT2D eigenvalue weighted by Crippen LogP contribution is 2.38. The molecule has 2 heterocycles. The van der Waals surface area contributed by atoms with Gasteiger partial charge in [0, 0.05) is 24.4 Å². The van der Waals surface area contributed by atoms with Gasteiger partial charge in [-0.15, -0.1) is 21.5 Å². The fourth-order valence-electron chi connectivity index (χ4n) is 3.67. The van der Waals surface area contributed by atoms with Crippen molar-refractivity contribution in [2.45, 2.75) is 25.4 Å². The third kappa shape index (κ3) is 5.63. The third-order valence-electron chi connectivity index (χ3n) is 5.58. The van der Waals surface area contributed by atoms with Crippen LogP contribution in [0.1, 0.15) is 32.9 Å². The van der Waals surface area contributed by atoms with E-state index in [2.05, 4.69) is 15.5 Å². The standard InChI is InChI=1S/C26H26N4O3S2/c1-16-10-11-17(2)19(12-16)20-14-34-24(23(20)25(32)33-4)27-22(31)15-35-26-29-28-21(30(26)3)13-18-8-6-5-7-9-18/h5-12,14H,13,15H2,1-4H3,(H,27,31). The number of nitrogens with zero attached hydrogens (tertiary/aromatic N) is 3. The first-order chi connectivity index (χ1) is 16.9. The number of methoxy groups -OCH3 is 1. The van der Waals surface area contributed by atoms with Crippen LogP contribution in [0, 0.1) is 13.8 Å². The topological polar surface area (TPSA) is 86.1 Å². The van der Waals surface area contributed by atoms with Gasteiger partial charge in [-0.2, -0.15) is 0 Å². The molecule has 0 bridgehead atoms. The van der Waals surface area contributed by atoms with E-state index in [1.165, 1.54) is 30.2 Å². The first-order valence-corrected chi connectivity index (χ1v) is 12.9. The Morgan fingerprint density at radius 3 is 2.60 bits per heavy atom. The second kappa shape index (κ2) is 10.9. The summed E-state index contributed by atoms with van der Waals surface area (Å²) in [7, 11) is 3.24. The van der Waals surface area contributed by atoms with Crippen molar-refractivity contribution in [2.75, 3.05) is 18.2 Å². The summed E-state index contributed by atoms with van der Waals surface area (Å²) in [6, 6.07) is 16.1. The number of anilines is 1. The molecular formula is C26H26N4O3S2. The number of hydrogen-bond donors (Lipinski definition) is 1. The van der Waals surface area contributed by atoms with Gasteiger partial charge in [0.15, 0.2) is 5.16 Å². The van der Waals surface area contributed by atoms with Crippen LogP contribution in [-0.4, -0.2) is 39.5 Å². The number of carbonyl (C=O) groups excluding carboxylic acids is 2. The Labute approximate surface area is 212 Å². The van der Waals surface area contributed by atoms with E-state index in [-0.39, 0.29) is 11.7 Å². The number of thiophene rings is 1.